The van der Waals surface area contributed by atoms with Gasteiger partial charge in [0.1, 0.15) is 5.52 Å². The van der Waals surface area contributed by atoms with Gasteiger partial charge in [-0.2, -0.15) is 30.7 Å². The number of nitrogens with zero attached hydrogens (tertiary/aromatic N) is 3. The van der Waals surface area contributed by atoms with Crippen LogP contribution in [-0.4, -0.2) is 45.0 Å². The fourth-order valence-corrected chi connectivity index (χ4v) is 3.02. The summed E-state index contributed by atoms with van der Waals surface area (Å²) in [6.07, 6.45) is -4.75. The molecule has 3 rings (SSSR count). The zero-order valence-corrected chi connectivity index (χ0v) is 15.7. The Kier molecular flexibility index (Phi) is 5.72. The average Bonchev–Trinajstić information content (AvgIpc) is 3.11. The van der Waals surface area contributed by atoms with Crippen molar-refractivity contribution in [1.29, 1.82) is 0 Å². The van der Waals surface area contributed by atoms with Gasteiger partial charge >= 0.3 is 18.0 Å². The fourth-order valence-electron chi connectivity index (χ4n) is 3.02. The molecule has 0 aliphatic rings. The Bertz CT molecular complexity index is 1110. The number of carbonyl (C=O) groups is 1. The molecule has 0 bridgehead atoms. The van der Waals surface area contributed by atoms with Crippen LogP contribution in [0.15, 0.2) is 30.6 Å². The summed E-state index contributed by atoms with van der Waals surface area (Å²) < 4.78 is 90.4. The van der Waals surface area contributed by atoms with E-state index in [2.05, 4.69) is 9.97 Å². The first-order valence-corrected chi connectivity index (χ1v) is 8.97. The highest BCUT2D eigenvalue weighted by Gasteiger charge is 2.76. The summed E-state index contributed by atoms with van der Waals surface area (Å²) in [4.78, 5) is 19.7. The number of nitrogen functional groups attached to an aromatic ring is 1. The number of aryl methyl sites for hydroxylation is 1. The number of benzene rings is 1. The third-order valence-corrected chi connectivity index (χ3v) is 4.63. The molecule has 2 aromatic heterocycles. The number of halogens is 7. The first kappa shape index (κ1) is 22.6. The largest absolute Gasteiger partial charge is 0.460 e. The van der Waals surface area contributed by atoms with Gasteiger partial charge in [-0.05, 0) is 18.9 Å². The Balaban J connectivity index is 1.62. The molecule has 0 radical (unpaired) electrons. The minimum atomic E-state index is -6.56. The molecule has 1 aromatic carbocycles. The molecule has 6 nitrogen and oxygen atoms in total. The van der Waals surface area contributed by atoms with Gasteiger partial charge in [-0.1, -0.05) is 18.2 Å². The van der Waals surface area contributed by atoms with Gasteiger partial charge in [0, 0.05) is 18.5 Å². The molecule has 13 heteroatoms. The summed E-state index contributed by atoms with van der Waals surface area (Å²) >= 11 is 0. The van der Waals surface area contributed by atoms with E-state index < -0.39 is 30.5 Å². The molecule has 0 aliphatic heterocycles. The smallest absolute Gasteiger partial charge is 0.382 e. The molecular weight excluding hydrogens is 435 g/mol. The maximum atomic E-state index is 13.3. The van der Waals surface area contributed by atoms with Crippen LogP contribution in [0.1, 0.15) is 12.8 Å². The van der Waals surface area contributed by atoms with Crippen molar-refractivity contribution in [1.82, 2.24) is 19.9 Å². The number of unbranched alkanes of at least 4 members (excludes halogenated alkanes) is 1. The number of aromatic nitrogens is 3. The van der Waals surface area contributed by atoms with E-state index in [1.54, 1.807) is 22.8 Å². The molecule has 0 aliphatic carbocycles. The monoisotopic (exact) mass is 451 g/mol. The number of rotatable bonds is 7. The Morgan fingerprint density at radius 1 is 1.06 bits per heavy atom. The Morgan fingerprint density at radius 2 is 1.74 bits per heavy atom. The number of alkyl halides is 7. The van der Waals surface area contributed by atoms with Gasteiger partial charge in [-0.25, -0.2) is 9.97 Å². The number of pyridine rings is 1. The minimum Gasteiger partial charge on any atom is -0.382 e. The molecule has 0 unspecified atom stereocenters. The van der Waals surface area contributed by atoms with Gasteiger partial charge in [0.15, 0.2) is 5.82 Å². The summed E-state index contributed by atoms with van der Waals surface area (Å²) in [6, 6.07) is 7.14. The van der Waals surface area contributed by atoms with Crippen LogP contribution in [0.2, 0.25) is 0 Å². The van der Waals surface area contributed by atoms with E-state index in [-0.39, 0.29) is 18.7 Å². The summed E-state index contributed by atoms with van der Waals surface area (Å²) in [5.41, 5.74) is 7.68. The predicted molar refractivity (Wildman–Crippen MR) is 97.6 cm³/mol. The van der Waals surface area contributed by atoms with Crippen molar-refractivity contribution in [3.63, 3.8) is 0 Å². The van der Waals surface area contributed by atoms with E-state index in [0.717, 1.165) is 5.39 Å². The number of carbonyl (C=O) groups excluding carboxylic acids is 1. The second kappa shape index (κ2) is 7.85. The van der Waals surface area contributed by atoms with Crippen LogP contribution in [0.4, 0.5) is 36.6 Å². The van der Waals surface area contributed by atoms with Crippen molar-refractivity contribution in [2.24, 2.45) is 0 Å². The van der Waals surface area contributed by atoms with Crippen molar-refractivity contribution in [2.45, 2.75) is 37.4 Å². The molecule has 0 saturated heterocycles. The zero-order chi connectivity index (χ0) is 23.0. The molecule has 0 atom stereocenters. The number of imidazole rings is 1. The summed E-state index contributed by atoms with van der Waals surface area (Å²) in [6.45, 7) is -0.214. The third-order valence-electron chi connectivity index (χ3n) is 4.63. The number of hydrogen-bond acceptors (Lipinski definition) is 4. The fraction of sp³-hybridized carbons (Fsp3) is 0.389. The van der Waals surface area contributed by atoms with E-state index in [9.17, 15) is 35.5 Å². The number of fused-ring (bicyclic) bond motifs is 3. The van der Waals surface area contributed by atoms with Gasteiger partial charge in [-0.3, -0.25) is 4.79 Å². The van der Waals surface area contributed by atoms with Crippen LogP contribution >= 0.6 is 0 Å². The molecule has 2 heterocycles. The van der Waals surface area contributed by atoms with Gasteiger partial charge < -0.3 is 15.6 Å². The van der Waals surface area contributed by atoms with Gasteiger partial charge in [-0.15, -0.1) is 0 Å². The topological polar surface area (TPSA) is 85.8 Å². The molecular formula is C18H16F7N5O. The molecule has 1 amide bonds. The Morgan fingerprint density at radius 3 is 2.42 bits per heavy atom. The van der Waals surface area contributed by atoms with Crippen LogP contribution in [0.25, 0.3) is 21.9 Å². The standard InChI is InChI=1S/C18H16F7N5O/c19-16(20,17(21,22)18(23,24)25)15(31)27-7-3-4-8-30-9-28-12-13(30)10-5-1-2-6-11(10)29-14(12)26/h1-2,5-6,9H,3-4,7-8H2,(H2,26,29)(H,27,31). The number of hydrogen-bond donors (Lipinski definition) is 2. The molecule has 3 aromatic rings. The zero-order valence-electron chi connectivity index (χ0n) is 15.7. The lowest BCUT2D eigenvalue weighted by Gasteiger charge is -2.27. The van der Waals surface area contributed by atoms with E-state index in [1.807, 2.05) is 6.07 Å². The first-order valence-electron chi connectivity index (χ1n) is 8.97. The maximum absolute atomic E-state index is 13.3. The summed E-state index contributed by atoms with van der Waals surface area (Å²) in [5.74, 6) is -14.9. The van der Waals surface area contributed by atoms with Crippen molar-refractivity contribution in [3.05, 3.63) is 30.6 Å². The second-order valence-corrected chi connectivity index (χ2v) is 6.76. The molecule has 0 spiro atoms. The highest BCUT2D eigenvalue weighted by molar-refractivity contribution is 6.06. The molecule has 31 heavy (non-hydrogen) atoms. The third kappa shape index (κ3) is 3.95. The van der Waals surface area contributed by atoms with Crippen LogP contribution in [-0.2, 0) is 11.3 Å². The molecule has 168 valence electrons. The lowest BCUT2D eigenvalue weighted by Crippen LogP contribution is -2.59. The second-order valence-electron chi connectivity index (χ2n) is 6.76. The normalized spacial score (nSPS) is 13.1. The van der Waals surface area contributed by atoms with Crippen molar-refractivity contribution in [3.8, 4) is 0 Å². The Labute approximate surface area is 170 Å². The quantitative estimate of drug-likeness (QED) is 0.422. The molecule has 0 saturated carbocycles. The van der Waals surface area contributed by atoms with Crippen LogP contribution in [0.3, 0.4) is 0 Å². The minimum absolute atomic E-state index is 0.0393. The predicted octanol–water partition coefficient (Wildman–Crippen LogP) is 3.90. The maximum Gasteiger partial charge on any atom is 0.460 e. The van der Waals surface area contributed by atoms with Crippen molar-refractivity contribution < 1.29 is 35.5 Å². The van der Waals surface area contributed by atoms with E-state index >= 15 is 0 Å². The number of anilines is 1. The first-order chi connectivity index (χ1) is 14.4. The SMILES string of the molecule is Nc1nc2ccccc2c2c1ncn2CCCCNC(=O)C(F)(F)C(F)(F)C(F)(F)F. The summed E-state index contributed by atoms with van der Waals surface area (Å²) in [5, 5.41) is 2.20. The average molecular weight is 451 g/mol. The lowest BCUT2D eigenvalue weighted by molar-refractivity contribution is -0.344. The molecule has 0 fully saturated rings. The van der Waals surface area contributed by atoms with Crippen LogP contribution in [0.5, 0.6) is 0 Å². The van der Waals surface area contributed by atoms with Gasteiger partial charge in [0.2, 0.25) is 0 Å². The number of nitrogens with one attached hydrogen (secondary N) is 1. The summed E-state index contributed by atoms with van der Waals surface area (Å²) in [7, 11) is 0. The highest BCUT2D eigenvalue weighted by atomic mass is 19.4. The van der Waals surface area contributed by atoms with E-state index in [1.165, 1.54) is 11.6 Å². The number of para-hydroxylation sites is 1. The Hall–Kier alpha value is -3.12. The van der Waals surface area contributed by atoms with E-state index in [4.69, 9.17) is 5.73 Å². The highest BCUT2D eigenvalue weighted by Crippen LogP contribution is 2.46. The molecule has 3 N–H and O–H groups in total. The lowest BCUT2D eigenvalue weighted by atomic mass is 10.1. The van der Waals surface area contributed by atoms with Crippen LogP contribution in [0, 0.1) is 0 Å². The van der Waals surface area contributed by atoms with Gasteiger partial charge in [0.25, 0.3) is 5.91 Å². The van der Waals surface area contributed by atoms with Crippen LogP contribution < -0.4 is 11.1 Å². The van der Waals surface area contributed by atoms with Crippen molar-refractivity contribution >= 4 is 33.7 Å². The number of nitrogens with two attached hydrogens (primary N) is 1. The van der Waals surface area contributed by atoms with E-state index in [0.29, 0.717) is 23.1 Å². The van der Waals surface area contributed by atoms with Gasteiger partial charge in [0.05, 0.1) is 17.4 Å². The van der Waals surface area contributed by atoms with Crippen molar-refractivity contribution in [2.75, 3.05) is 12.3 Å². The number of amides is 1.